The first kappa shape index (κ1) is 11.1. The van der Waals surface area contributed by atoms with Crippen LogP contribution in [0.5, 0.6) is 0 Å². The van der Waals surface area contributed by atoms with Crippen LogP contribution < -0.4 is 10.2 Å². The summed E-state index contributed by atoms with van der Waals surface area (Å²) in [5.41, 5.74) is 0. The molecular formula is C9H11ClN4O2. The number of carboxylic acid groups (broad SMARTS) is 1. The predicted octanol–water partition coefficient (Wildman–Crippen LogP) is -0.00720. The van der Waals surface area contributed by atoms with Gasteiger partial charge < -0.3 is 15.3 Å². The molecule has 1 aliphatic heterocycles. The fraction of sp³-hybridized carbons (Fsp3) is 0.444. The van der Waals surface area contributed by atoms with E-state index in [9.17, 15) is 4.79 Å². The highest BCUT2D eigenvalue weighted by atomic mass is 35.5. The van der Waals surface area contributed by atoms with Crippen LogP contribution in [0.3, 0.4) is 0 Å². The van der Waals surface area contributed by atoms with Gasteiger partial charge in [0.25, 0.3) is 0 Å². The van der Waals surface area contributed by atoms with E-state index in [4.69, 9.17) is 16.7 Å². The normalized spacial score (nSPS) is 20.8. The second-order valence-corrected chi connectivity index (χ2v) is 3.82. The largest absolute Gasteiger partial charge is 0.480 e. The lowest BCUT2D eigenvalue weighted by molar-refractivity contribution is -0.138. The van der Waals surface area contributed by atoms with Gasteiger partial charge in [0.15, 0.2) is 0 Å². The number of hydrogen-bond acceptors (Lipinski definition) is 5. The van der Waals surface area contributed by atoms with Crippen LogP contribution in [0.25, 0.3) is 0 Å². The average molecular weight is 243 g/mol. The van der Waals surface area contributed by atoms with Crippen molar-refractivity contribution in [2.45, 2.75) is 6.04 Å². The number of aliphatic carboxylic acids is 1. The molecule has 0 radical (unpaired) electrons. The van der Waals surface area contributed by atoms with Gasteiger partial charge in [-0.3, -0.25) is 0 Å². The topological polar surface area (TPSA) is 78.4 Å². The Kier molecular flexibility index (Phi) is 3.21. The van der Waals surface area contributed by atoms with E-state index in [1.54, 1.807) is 11.0 Å². The Morgan fingerprint density at radius 1 is 1.69 bits per heavy atom. The van der Waals surface area contributed by atoms with Gasteiger partial charge >= 0.3 is 5.97 Å². The highest BCUT2D eigenvalue weighted by Crippen LogP contribution is 2.15. The predicted molar refractivity (Wildman–Crippen MR) is 58.7 cm³/mol. The number of hydrogen-bond donors (Lipinski definition) is 2. The highest BCUT2D eigenvalue weighted by Gasteiger charge is 2.30. The first-order chi connectivity index (χ1) is 7.68. The number of halogens is 1. The number of carbonyl (C=O) groups is 1. The van der Waals surface area contributed by atoms with Gasteiger partial charge in [0.2, 0.25) is 5.95 Å². The van der Waals surface area contributed by atoms with Gasteiger partial charge in [0.1, 0.15) is 11.2 Å². The molecule has 7 heteroatoms. The monoisotopic (exact) mass is 242 g/mol. The van der Waals surface area contributed by atoms with E-state index in [1.165, 1.54) is 6.20 Å². The van der Waals surface area contributed by atoms with E-state index in [2.05, 4.69) is 15.3 Å². The maximum Gasteiger partial charge on any atom is 0.327 e. The quantitative estimate of drug-likeness (QED) is 0.711. The molecule has 1 atom stereocenters. The zero-order valence-electron chi connectivity index (χ0n) is 8.43. The molecular weight excluding hydrogens is 232 g/mol. The zero-order valence-corrected chi connectivity index (χ0v) is 9.18. The molecule has 0 amide bonds. The average Bonchev–Trinajstić information content (AvgIpc) is 2.29. The molecule has 16 heavy (non-hydrogen) atoms. The molecule has 1 aliphatic rings. The minimum Gasteiger partial charge on any atom is -0.480 e. The lowest BCUT2D eigenvalue weighted by atomic mass is 10.2. The molecule has 0 spiro atoms. The smallest absolute Gasteiger partial charge is 0.327 e. The standard InChI is InChI=1S/C9H11ClN4O2/c10-7-1-2-12-9(13-7)14-4-3-11-5-6(14)8(15)16/h1-2,6,11H,3-5H2,(H,15,16)/t6-/m1/s1. The van der Waals surface area contributed by atoms with Crippen molar-refractivity contribution >= 4 is 23.5 Å². The van der Waals surface area contributed by atoms with Gasteiger partial charge in [-0.1, -0.05) is 11.6 Å². The minimum atomic E-state index is -0.893. The molecule has 1 aromatic heterocycles. The van der Waals surface area contributed by atoms with Crippen molar-refractivity contribution in [3.05, 3.63) is 17.4 Å². The summed E-state index contributed by atoms with van der Waals surface area (Å²) in [5, 5.41) is 12.4. The van der Waals surface area contributed by atoms with Gasteiger partial charge in [0, 0.05) is 25.8 Å². The maximum atomic E-state index is 11.1. The number of piperazine rings is 1. The van der Waals surface area contributed by atoms with Gasteiger partial charge in [-0.2, -0.15) is 0 Å². The zero-order chi connectivity index (χ0) is 11.5. The number of rotatable bonds is 2. The van der Waals surface area contributed by atoms with Crippen LogP contribution in [0.4, 0.5) is 5.95 Å². The van der Waals surface area contributed by atoms with E-state index in [1.807, 2.05) is 0 Å². The lowest BCUT2D eigenvalue weighted by Gasteiger charge is -2.33. The Balaban J connectivity index is 2.26. The summed E-state index contributed by atoms with van der Waals surface area (Å²) in [7, 11) is 0. The molecule has 6 nitrogen and oxygen atoms in total. The van der Waals surface area contributed by atoms with Crippen molar-refractivity contribution in [1.29, 1.82) is 0 Å². The van der Waals surface area contributed by atoms with Gasteiger partial charge in [-0.25, -0.2) is 14.8 Å². The molecule has 1 saturated heterocycles. The molecule has 86 valence electrons. The van der Waals surface area contributed by atoms with Crippen LogP contribution in [-0.4, -0.2) is 46.7 Å². The SMILES string of the molecule is O=C(O)[C@H]1CNCCN1c1nccc(Cl)n1. The van der Waals surface area contributed by atoms with Crippen molar-refractivity contribution in [1.82, 2.24) is 15.3 Å². The summed E-state index contributed by atoms with van der Waals surface area (Å²) in [6.07, 6.45) is 1.52. The van der Waals surface area contributed by atoms with Crippen LogP contribution >= 0.6 is 11.6 Å². The molecule has 0 unspecified atom stereocenters. The van der Waals surface area contributed by atoms with E-state index < -0.39 is 12.0 Å². The minimum absolute atomic E-state index is 0.313. The maximum absolute atomic E-state index is 11.1. The Labute approximate surface area is 97.3 Å². The van der Waals surface area contributed by atoms with Gasteiger partial charge in [-0.15, -0.1) is 0 Å². The molecule has 0 saturated carbocycles. The molecule has 2 rings (SSSR count). The Morgan fingerprint density at radius 3 is 3.19 bits per heavy atom. The fourth-order valence-corrected chi connectivity index (χ4v) is 1.76. The summed E-state index contributed by atoms with van der Waals surface area (Å²) in [6.45, 7) is 1.64. The van der Waals surface area contributed by atoms with E-state index in [0.717, 1.165) is 0 Å². The first-order valence-corrected chi connectivity index (χ1v) is 5.25. The molecule has 0 aliphatic carbocycles. The van der Waals surface area contributed by atoms with Crippen LogP contribution in [0.2, 0.25) is 5.15 Å². The van der Waals surface area contributed by atoms with E-state index >= 15 is 0 Å². The number of anilines is 1. The first-order valence-electron chi connectivity index (χ1n) is 4.87. The lowest BCUT2D eigenvalue weighted by Crippen LogP contribution is -2.55. The Bertz CT molecular complexity index is 401. The number of nitrogens with one attached hydrogen (secondary N) is 1. The third-order valence-electron chi connectivity index (χ3n) is 2.39. The summed E-state index contributed by atoms with van der Waals surface area (Å²) in [4.78, 5) is 20.8. The van der Waals surface area contributed by atoms with Crippen molar-refractivity contribution in [2.75, 3.05) is 24.5 Å². The fourth-order valence-electron chi connectivity index (χ4n) is 1.63. The van der Waals surface area contributed by atoms with E-state index in [-0.39, 0.29) is 0 Å². The molecule has 2 N–H and O–H groups in total. The van der Waals surface area contributed by atoms with Crippen molar-refractivity contribution in [3.8, 4) is 0 Å². The Hall–Kier alpha value is -1.40. The van der Waals surface area contributed by atoms with E-state index in [0.29, 0.717) is 30.7 Å². The van der Waals surface area contributed by atoms with Crippen LogP contribution in [0.1, 0.15) is 0 Å². The van der Waals surface area contributed by atoms with Crippen molar-refractivity contribution < 1.29 is 9.90 Å². The summed E-state index contributed by atoms with van der Waals surface area (Å²) in [6, 6.07) is 0.912. The third-order valence-corrected chi connectivity index (χ3v) is 2.60. The molecule has 1 fully saturated rings. The molecule has 0 bridgehead atoms. The van der Waals surface area contributed by atoms with Gasteiger partial charge in [0.05, 0.1) is 0 Å². The van der Waals surface area contributed by atoms with Gasteiger partial charge in [-0.05, 0) is 6.07 Å². The van der Waals surface area contributed by atoms with Crippen molar-refractivity contribution in [2.24, 2.45) is 0 Å². The highest BCUT2D eigenvalue weighted by molar-refractivity contribution is 6.29. The third kappa shape index (κ3) is 2.23. The second-order valence-electron chi connectivity index (χ2n) is 3.43. The molecule has 1 aromatic rings. The van der Waals surface area contributed by atoms with Crippen molar-refractivity contribution in [3.63, 3.8) is 0 Å². The number of nitrogens with zero attached hydrogens (tertiary/aromatic N) is 3. The van der Waals surface area contributed by atoms with Crippen LogP contribution in [-0.2, 0) is 4.79 Å². The number of aromatic nitrogens is 2. The molecule has 0 aromatic carbocycles. The summed E-state index contributed by atoms with van der Waals surface area (Å²) < 4.78 is 0. The Morgan fingerprint density at radius 2 is 2.50 bits per heavy atom. The van der Waals surface area contributed by atoms with Crippen LogP contribution in [0, 0.1) is 0 Å². The number of carboxylic acids is 1. The summed E-state index contributed by atoms with van der Waals surface area (Å²) in [5.74, 6) is -0.530. The second kappa shape index (κ2) is 4.63. The molecule has 2 heterocycles. The summed E-state index contributed by atoms with van der Waals surface area (Å²) >= 11 is 5.75. The van der Waals surface area contributed by atoms with Crippen LogP contribution in [0.15, 0.2) is 12.3 Å².